The van der Waals surface area contributed by atoms with Gasteiger partial charge in [-0.3, -0.25) is 9.59 Å². The summed E-state index contributed by atoms with van der Waals surface area (Å²) in [6.07, 6.45) is 0.589. The van der Waals surface area contributed by atoms with Gasteiger partial charge >= 0.3 is 5.97 Å². The minimum atomic E-state index is -3.92. The lowest BCUT2D eigenvalue weighted by atomic mass is 9.83. The second-order valence-corrected chi connectivity index (χ2v) is 6.78. The van der Waals surface area contributed by atoms with Crippen LogP contribution in [0.2, 0.25) is 0 Å². The van der Waals surface area contributed by atoms with Gasteiger partial charge in [-0.2, -0.15) is 0 Å². The molecule has 1 aromatic rings. The number of nitrogens with one attached hydrogen (secondary N) is 1. The molecule has 0 unspecified atom stereocenters. The van der Waals surface area contributed by atoms with Crippen LogP contribution in [0.5, 0.6) is 0 Å². The largest absolute Gasteiger partial charge is 0.481 e. The molecule has 1 aromatic carbocycles. The number of carbonyl (C=O) groups is 2. The Morgan fingerprint density at radius 2 is 1.86 bits per heavy atom. The van der Waals surface area contributed by atoms with Gasteiger partial charge in [-0.25, -0.2) is 13.1 Å². The standard InChI is InChI=1S/C14H20N2O5S/c1-3-14(4-2,13(18)19)9-16-22(20,21)11-7-5-6-10(8-11)12(15)17/h5-8,16H,3-4,9H2,1-2H3,(H2,15,17)(H,18,19). The monoisotopic (exact) mass is 328 g/mol. The van der Waals surface area contributed by atoms with Gasteiger partial charge in [-0.05, 0) is 31.0 Å². The number of nitrogens with two attached hydrogens (primary N) is 1. The number of benzene rings is 1. The van der Waals surface area contributed by atoms with E-state index < -0.39 is 27.3 Å². The number of sulfonamides is 1. The Labute approximate surface area is 129 Å². The second-order valence-electron chi connectivity index (χ2n) is 5.01. The first kappa shape index (κ1) is 18.1. The van der Waals surface area contributed by atoms with Crippen LogP contribution >= 0.6 is 0 Å². The summed E-state index contributed by atoms with van der Waals surface area (Å²) < 4.78 is 26.8. The van der Waals surface area contributed by atoms with Gasteiger partial charge < -0.3 is 10.8 Å². The summed E-state index contributed by atoms with van der Waals surface area (Å²) in [5.41, 5.74) is 4.03. The van der Waals surface area contributed by atoms with Crippen molar-refractivity contribution < 1.29 is 23.1 Å². The Hall–Kier alpha value is -1.93. The van der Waals surface area contributed by atoms with Crippen molar-refractivity contribution in [1.82, 2.24) is 4.72 Å². The molecule has 7 nitrogen and oxygen atoms in total. The smallest absolute Gasteiger partial charge is 0.310 e. The lowest BCUT2D eigenvalue weighted by Crippen LogP contribution is -2.42. The van der Waals surface area contributed by atoms with Crippen molar-refractivity contribution in [3.05, 3.63) is 29.8 Å². The molecule has 0 saturated carbocycles. The van der Waals surface area contributed by atoms with Gasteiger partial charge in [0.25, 0.3) is 0 Å². The fourth-order valence-electron chi connectivity index (χ4n) is 2.01. The maximum absolute atomic E-state index is 12.3. The highest BCUT2D eigenvalue weighted by atomic mass is 32.2. The van der Waals surface area contributed by atoms with E-state index in [0.29, 0.717) is 12.8 Å². The van der Waals surface area contributed by atoms with Crippen molar-refractivity contribution in [2.45, 2.75) is 31.6 Å². The van der Waals surface area contributed by atoms with Gasteiger partial charge in [0.05, 0.1) is 10.3 Å². The van der Waals surface area contributed by atoms with Crippen molar-refractivity contribution in [2.24, 2.45) is 11.1 Å². The van der Waals surface area contributed by atoms with E-state index in [2.05, 4.69) is 4.72 Å². The molecule has 0 aliphatic heterocycles. The average molecular weight is 328 g/mol. The van der Waals surface area contributed by atoms with Crippen LogP contribution in [-0.2, 0) is 14.8 Å². The second kappa shape index (κ2) is 6.89. The predicted octanol–water partition coefficient (Wildman–Crippen LogP) is 0.955. The molecule has 0 atom stereocenters. The van der Waals surface area contributed by atoms with E-state index >= 15 is 0 Å². The zero-order chi connectivity index (χ0) is 17.0. The molecule has 22 heavy (non-hydrogen) atoms. The van der Waals surface area contributed by atoms with E-state index in [1.807, 2.05) is 0 Å². The van der Waals surface area contributed by atoms with Gasteiger partial charge in [0.1, 0.15) is 0 Å². The Bertz CT molecular complexity index is 666. The zero-order valence-corrected chi connectivity index (χ0v) is 13.3. The molecule has 0 aromatic heterocycles. The van der Waals surface area contributed by atoms with Crippen molar-refractivity contribution >= 4 is 21.9 Å². The van der Waals surface area contributed by atoms with Crippen LogP contribution in [0.15, 0.2) is 29.2 Å². The first-order valence-corrected chi connectivity index (χ1v) is 8.30. The number of hydrogen-bond donors (Lipinski definition) is 3. The van der Waals surface area contributed by atoms with Crippen LogP contribution in [0.4, 0.5) is 0 Å². The summed E-state index contributed by atoms with van der Waals surface area (Å²) >= 11 is 0. The van der Waals surface area contributed by atoms with E-state index in [4.69, 9.17) is 5.73 Å². The van der Waals surface area contributed by atoms with E-state index in [-0.39, 0.29) is 17.0 Å². The third kappa shape index (κ3) is 3.83. The maximum Gasteiger partial charge on any atom is 0.310 e. The highest BCUT2D eigenvalue weighted by Gasteiger charge is 2.36. The predicted molar refractivity (Wildman–Crippen MR) is 80.8 cm³/mol. The summed E-state index contributed by atoms with van der Waals surface area (Å²) in [4.78, 5) is 22.4. The number of aliphatic carboxylic acids is 1. The van der Waals surface area contributed by atoms with Gasteiger partial charge in [0.15, 0.2) is 0 Å². The minimum absolute atomic E-state index is 0.0679. The van der Waals surface area contributed by atoms with Crippen LogP contribution in [0.1, 0.15) is 37.0 Å². The molecule has 0 spiro atoms. The van der Waals surface area contributed by atoms with Crippen molar-refractivity contribution in [3.8, 4) is 0 Å². The molecule has 0 bridgehead atoms. The van der Waals surface area contributed by atoms with E-state index in [9.17, 15) is 23.1 Å². The summed E-state index contributed by atoms with van der Waals surface area (Å²) in [5, 5.41) is 9.31. The topological polar surface area (TPSA) is 127 Å². The molecule has 0 saturated heterocycles. The number of carboxylic acids is 1. The molecule has 1 amide bonds. The third-order valence-corrected chi connectivity index (χ3v) is 5.24. The molecular weight excluding hydrogens is 308 g/mol. The van der Waals surface area contributed by atoms with Crippen molar-refractivity contribution in [2.75, 3.05) is 6.54 Å². The van der Waals surface area contributed by atoms with E-state index in [1.165, 1.54) is 18.2 Å². The summed E-state index contributed by atoms with van der Waals surface area (Å²) in [6.45, 7) is 3.16. The van der Waals surface area contributed by atoms with Crippen LogP contribution < -0.4 is 10.5 Å². The highest BCUT2D eigenvalue weighted by Crippen LogP contribution is 2.26. The SMILES string of the molecule is CCC(CC)(CNS(=O)(=O)c1cccc(C(N)=O)c1)C(=O)O. The Balaban J connectivity index is 3.04. The number of rotatable bonds is 8. The molecule has 0 heterocycles. The molecular formula is C14H20N2O5S. The minimum Gasteiger partial charge on any atom is -0.481 e. The van der Waals surface area contributed by atoms with E-state index in [1.54, 1.807) is 13.8 Å². The number of hydrogen-bond acceptors (Lipinski definition) is 4. The number of carbonyl (C=O) groups excluding carboxylic acids is 1. The Morgan fingerprint density at radius 1 is 1.27 bits per heavy atom. The molecule has 122 valence electrons. The summed E-state index contributed by atoms with van der Waals surface area (Å²) in [7, 11) is -3.92. The summed E-state index contributed by atoms with van der Waals surface area (Å²) in [6, 6.07) is 5.28. The molecule has 1 rings (SSSR count). The summed E-state index contributed by atoms with van der Waals surface area (Å²) in [5.74, 6) is -1.79. The van der Waals surface area contributed by atoms with Crippen LogP contribution in [0.3, 0.4) is 0 Å². The lowest BCUT2D eigenvalue weighted by molar-refractivity contribution is -0.149. The quantitative estimate of drug-likeness (QED) is 0.655. The normalized spacial score (nSPS) is 12.1. The highest BCUT2D eigenvalue weighted by molar-refractivity contribution is 7.89. The molecule has 0 fully saturated rings. The molecule has 0 aliphatic rings. The van der Waals surface area contributed by atoms with Gasteiger partial charge in [-0.15, -0.1) is 0 Å². The van der Waals surface area contributed by atoms with Crippen LogP contribution in [0.25, 0.3) is 0 Å². The van der Waals surface area contributed by atoms with Crippen LogP contribution in [-0.4, -0.2) is 31.9 Å². The number of carboxylic acid groups (broad SMARTS) is 1. The van der Waals surface area contributed by atoms with Crippen molar-refractivity contribution in [3.63, 3.8) is 0 Å². The molecule has 0 radical (unpaired) electrons. The van der Waals surface area contributed by atoms with Gasteiger partial charge in [0.2, 0.25) is 15.9 Å². The third-order valence-electron chi connectivity index (χ3n) is 3.84. The molecule has 0 aliphatic carbocycles. The first-order valence-electron chi connectivity index (χ1n) is 6.81. The molecule has 8 heteroatoms. The Morgan fingerprint density at radius 3 is 2.32 bits per heavy atom. The lowest BCUT2D eigenvalue weighted by Gasteiger charge is -2.26. The first-order chi connectivity index (χ1) is 10.2. The van der Waals surface area contributed by atoms with Crippen molar-refractivity contribution in [1.29, 1.82) is 0 Å². The fraction of sp³-hybridized carbons (Fsp3) is 0.429. The Kier molecular flexibility index (Phi) is 5.67. The molecule has 4 N–H and O–H groups in total. The van der Waals surface area contributed by atoms with Crippen LogP contribution in [0, 0.1) is 5.41 Å². The maximum atomic E-state index is 12.3. The average Bonchev–Trinajstić information content (AvgIpc) is 2.48. The zero-order valence-electron chi connectivity index (χ0n) is 12.5. The number of amides is 1. The fourth-order valence-corrected chi connectivity index (χ4v) is 3.18. The van der Waals surface area contributed by atoms with Gasteiger partial charge in [0, 0.05) is 12.1 Å². The van der Waals surface area contributed by atoms with E-state index in [0.717, 1.165) is 6.07 Å². The number of primary amides is 1. The van der Waals surface area contributed by atoms with Gasteiger partial charge in [-0.1, -0.05) is 19.9 Å².